The maximum Gasteiger partial charge on any atom is 0.131 e. The van der Waals surface area contributed by atoms with Crippen molar-refractivity contribution in [2.45, 2.75) is 6.54 Å². The molecule has 2 N–H and O–H groups in total. The van der Waals surface area contributed by atoms with E-state index >= 15 is 0 Å². The average Bonchev–Trinajstić information content (AvgIpc) is 2.30. The molecule has 76 valence electrons. The number of hydrogen-bond donors (Lipinski definition) is 1. The minimum absolute atomic E-state index is 0.298. The summed E-state index contributed by atoms with van der Waals surface area (Å²) in [7, 11) is 0. The maximum absolute atomic E-state index is 13.6. The Kier molecular flexibility index (Phi) is 2.69. The number of aromatic nitrogens is 2. The van der Waals surface area contributed by atoms with Crippen LogP contribution in [-0.4, -0.2) is 9.97 Å². The molecule has 0 amide bonds. The van der Waals surface area contributed by atoms with E-state index in [1.54, 1.807) is 24.5 Å². The Morgan fingerprint density at radius 3 is 2.53 bits per heavy atom. The molecular formula is C11H10FN3. The van der Waals surface area contributed by atoms with Gasteiger partial charge in [0.1, 0.15) is 12.1 Å². The van der Waals surface area contributed by atoms with Crippen molar-refractivity contribution in [1.82, 2.24) is 9.97 Å². The highest BCUT2D eigenvalue weighted by molar-refractivity contribution is 5.62. The summed E-state index contributed by atoms with van der Waals surface area (Å²) in [5.74, 6) is -0.298. The lowest BCUT2D eigenvalue weighted by Crippen LogP contribution is -1.97. The van der Waals surface area contributed by atoms with E-state index in [1.165, 1.54) is 12.4 Å². The van der Waals surface area contributed by atoms with E-state index < -0.39 is 0 Å². The van der Waals surface area contributed by atoms with Gasteiger partial charge < -0.3 is 5.73 Å². The van der Waals surface area contributed by atoms with Gasteiger partial charge in [-0.25, -0.2) is 14.4 Å². The summed E-state index contributed by atoms with van der Waals surface area (Å²) >= 11 is 0. The normalized spacial score (nSPS) is 10.3. The van der Waals surface area contributed by atoms with Gasteiger partial charge in [-0.1, -0.05) is 12.1 Å². The molecular weight excluding hydrogens is 193 g/mol. The fraction of sp³-hybridized carbons (Fsp3) is 0.0909. The van der Waals surface area contributed by atoms with Gasteiger partial charge in [-0.3, -0.25) is 0 Å². The Bertz CT molecular complexity index is 457. The van der Waals surface area contributed by atoms with Crippen molar-refractivity contribution < 1.29 is 4.39 Å². The first kappa shape index (κ1) is 9.73. The third-order valence-electron chi connectivity index (χ3n) is 2.14. The van der Waals surface area contributed by atoms with Crippen molar-refractivity contribution in [3.8, 4) is 11.1 Å². The van der Waals surface area contributed by atoms with Crippen LogP contribution in [0.1, 0.15) is 5.56 Å². The highest BCUT2D eigenvalue weighted by Crippen LogP contribution is 2.21. The Balaban J connectivity index is 2.46. The average molecular weight is 203 g/mol. The maximum atomic E-state index is 13.6. The van der Waals surface area contributed by atoms with Crippen molar-refractivity contribution >= 4 is 0 Å². The highest BCUT2D eigenvalue weighted by atomic mass is 19.1. The number of halogens is 1. The molecule has 0 radical (unpaired) electrons. The molecule has 3 nitrogen and oxygen atoms in total. The van der Waals surface area contributed by atoms with Crippen LogP contribution in [0.15, 0.2) is 36.9 Å². The van der Waals surface area contributed by atoms with Crippen LogP contribution >= 0.6 is 0 Å². The van der Waals surface area contributed by atoms with Crippen LogP contribution in [0.2, 0.25) is 0 Å². The fourth-order valence-corrected chi connectivity index (χ4v) is 1.36. The lowest BCUT2D eigenvalue weighted by atomic mass is 10.1. The van der Waals surface area contributed by atoms with Crippen molar-refractivity contribution in [3.05, 3.63) is 48.3 Å². The first-order valence-electron chi connectivity index (χ1n) is 4.55. The summed E-state index contributed by atoms with van der Waals surface area (Å²) in [6.45, 7) is 0.336. The Morgan fingerprint density at radius 1 is 1.20 bits per heavy atom. The second kappa shape index (κ2) is 4.14. The SMILES string of the molecule is NCc1ccc(-c2cncnc2)c(F)c1. The van der Waals surface area contributed by atoms with Gasteiger partial charge in [0.15, 0.2) is 0 Å². The van der Waals surface area contributed by atoms with Gasteiger partial charge in [-0.05, 0) is 11.6 Å². The van der Waals surface area contributed by atoms with Gasteiger partial charge in [-0.15, -0.1) is 0 Å². The fourth-order valence-electron chi connectivity index (χ4n) is 1.36. The van der Waals surface area contributed by atoms with E-state index in [0.29, 0.717) is 17.7 Å². The minimum atomic E-state index is -0.298. The summed E-state index contributed by atoms with van der Waals surface area (Å²) < 4.78 is 13.6. The highest BCUT2D eigenvalue weighted by Gasteiger charge is 2.05. The minimum Gasteiger partial charge on any atom is -0.326 e. The molecule has 15 heavy (non-hydrogen) atoms. The van der Waals surface area contributed by atoms with E-state index in [1.807, 2.05) is 0 Å². The van der Waals surface area contributed by atoms with Crippen molar-refractivity contribution in [2.75, 3.05) is 0 Å². The van der Waals surface area contributed by atoms with Crippen molar-refractivity contribution in [2.24, 2.45) is 5.73 Å². The zero-order chi connectivity index (χ0) is 10.7. The van der Waals surface area contributed by atoms with Crippen LogP contribution in [-0.2, 0) is 6.54 Å². The molecule has 1 aromatic carbocycles. The zero-order valence-corrected chi connectivity index (χ0v) is 8.02. The second-order valence-electron chi connectivity index (χ2n) is 3.15. The van der Waals surface area contributed by atoms with Crippen LogP contribution in [0.5, 0.6) is 0 Å². The molecule has 0 saturated carbocycles. The van der Waals surface area contributed by atoms with E-state index in [9.17, 15) is 4.39 Å². The lowest BCUT2D eigenvalue weighted by Gasteiger charge is -2.03. The second-order valence-corrected chi connectivity index (χ2v) is 3.15. The number of benzene rings is 1. The summed E-state index contributed by atoms with van der Waals surface area (Å²) in [4.78, 5) is 7.68. The largest absolute Gasteiger partial charge is 0.326 e. The predicted octanol–water partition coefficient (Wildman–Crippen LogP) is 1.74. The molecule has 0 fully saturated rings. The quantitative estimate of drug-likeness (QED) is 0.808. The van der Waals surface area contributed by atoms with Crippen molar-refractivity contribution in [1.29, 1.82) is 0 Å². The van der Waals surface area contributed by atoms with E-state index in [-0.39, 0.29) is 5.82 Å². The Labute approximate surface area is 86.8 Å². The van der Waals surface area contributed by atoms with Crippen LogP contribution in [0.4, 0.5) is 4.39 Å². The molecule has 2 aromatic rings. The smallest absolute Gasteiger partial charge is 0.131 e. The number of rotatable bonds is 2. The van der Waals surface area contributed by atoms with Crippen LogP contribution in [0, 0.1) is 5.82 Å². The van der Waals surface area contributed by atoms with Gasteiger partial charge in [0.05, 0.1) is 0 Å². The summed E-state index contributed by atoms with van der Waals surface area (Å²) in [6, 6.07) is 4.92. The Hall–Kier alpha value is -1.81. The molecule has 0 spiro atoms. The van der Waals surface area contributed by atoms with Crippen molar-refractivity contribution in [3.63, 3.8) is 0 Å². The van der Waals surface area contributed by atoms with Gasteiger partial charge >= 0.3 is 0 Å². The number of nitrogens with two attached hydrogens (primary N) is 1. The topological polar surface area (TPSA) is 51.8 Å². The Morgan fingerprint density at radius 2 is 1.93 bits per heavy atom. The number of hydrogen-bond acceptors (Lipinski definition) is 3. The van der Waals surface area contributed by atoms with Gasteiger partial charge in [-0.2, -0.15) is 0 Å². The molecule has 1 heterocycles. The van der Waals surface area contributed by atoms with Gasteiger partial charge in [0.25, 0.3) is 0 Å². The molecule has 0 bridgehead atoms. The third-order valence-corrected chi connectivity index (χ3v) is 2.14. The monoisotopic (exact) mass is 203 g/mol. The molecule has 0 atom stereocenters. The molecule has 4 heteroatoms. The summed E-state index contributed by atoms with van der Waals surface area (Å²) in [6.07, 6.45) is 4.57. The summed E-state index contributed by atoms with van der Waals surface area (Å²) in [5.41, 5.74) is 7.35. The molecule has 2 rings (SSSR count). The lowest BCUT2D eigenvalue weighted by molar-refractivity contribution is 0.629. The first-order valence-corrected chi connectivity index (χ1v) is 4.55. The molecule has 1 aromatic heterocycles. The third kappa shape index (κ3) is 1.99. The van der Waals surface area contributed by atoms with Crippen LogP contribution < -0.4 is 5.73 Å². The van der Waals surface area contributed by atoms with E-state index in [2.05, 4.69) is 9.97 Å². The molecule has 0 saturated heterocycles. The molecule has 0 unspecified atom stereocenters. The molecule has 0 aliphatic carbocycles. The van der Waals surface area contributed by atoms with Gasteiger partial charge in [0.2, 0.25) is 0 Å². The standard InChI is InChI=1S/C11H10FN3/c12-11-3-8(4-13)1-2-10(11)9-5-14-7-15-6-9/h1-3,5-7H,4,13H2. The van der Waals surface area contributed by atoms with Gasteiger partial charge in [0, 0.05) is 30.1 Å². The van der Waals surface area contributed by atoms with E-state index in [4.69, 9.17) is 5.73 Å². The molecule has 0 aliphatic heterocycles. The van der Waals surface area contributed by atoms with Crippen LogP contribution in [0.3, 0.4) is 0 Å². The number of nitrogens with zero attached hydrogens (tertiary/aromatic N) is 2. The van der Waals surface area contributed by atoms with E-state index in [0.717, 1.165) is 5.56 Å². The van der Waals surface area contributed by atoms with Crippen LogP contribution in [0.25, 0.3) is 11.1 Å². The zero-order valence-electron chi connectivity index (χ0n) is 8.02. The predicted molar refractivity (Wildman–Crippen MR) is 55.3 cm³/mol. The summed E-state index contributed by atoms with van der Waals surface area (Å²) in [5, 5.41) is 0. The first-order chi connectivity index (χ1) is 7.31. The molecule has 0 aliphatic rings.